The maximum Gasteiger partial charge on any atom is 0.269 e. The van der Waals surface area contributed by atoms with Crippen molar-refractivity contribution in [1.82, 2.24) is 0 Å². The molecule has 24 heavy (non-hydrogen) atoms. The minimum Gasteiger partial charge on any atom is -0.324 e. The summed E-state index contributed by atoms with van der Waals surface area (Å²) in [6.07, 6.45) is 0.394. The van der Waals surface area contributed by atoms with Gasteiger partial charge in [0.2, 0.25) is 0 Å². The Morgan fingerprint density at radius 1 is 1.21 bits per heavy atom. The highest BCUT2D eigenvalue weighted by Gasteiger charge is 2.32. The van der Waals surface area contributed by atoms with Gasteiger partial charge in [-0.05, 0) is 36.2 Å². The maximum absolute atomic E-state index is 13.6. The Morgan fingerprint density at radius 2 is 1.88 bits per heavy atom. The zero-order valence-corrected chi connectivity index (χ0v) is 13.2. The molecule has 0 bridgehead atoms. The van der Waals surface area contributed by atoms with Crippen LogP contribution in [0.15, 0.2) is 47.4 Å². The largest absolute Gasteiger partial charge is 0.324 e. The Balaban J connectivity index is 2.06. The molecule has 0 unspecified atom stereocenters. The molecule has 0 fully saturated rings. The van der Waals surface area contributed by atoms with Crippen LogP contribution in [0, 0.1) is 15.9 Å². The van der Waals surface area contributed by atoms with Gasteiger partial charge >= 0.3 is 0 Å². The van der Waals surface area contributed by atoms with Crippen LogP contribution in [0.5, 0.6) is 0 Å². The van der Waals surface area contributed by atoms with Crippen LogP contribution in [0.25, 0.3) is 0 Å². The van der Waals surface area contributed by atoms with Gasteiger partial charge < -0.3 is 5.73 Å². The molecule has 2 aromatic rings. The van der Waals surface area contributed by atoms with Gasteiger partial charge in [-0.15, -0.1) is 0 Å². The summed E-state index contributed by atoms with van der Waals surface area (Å²) in [7, 11) is -3.97. The van der Waals surface area contributed by atoms with Crippen molar-refractivity contribution < 1.29 is 17.7 Å². The van der Waals surface area contributed by atoms with Gasteiger partial charge in [-0.25, -0.2) is 12.8 Å². The van der Waals surface area contributed by atoms with Crippen LogP contribution >= 0.6 is 0 Å². The highest BCUT2D eigenvalue weighted by Crippen LogP contribution is 2.36. The van der Waals surface area contributed by atoms with Crippen molar-refractivity contribution in [2.75, 3.05) is 10.8 Å². The molecule has 1 aliphatic heterocycles. The normalized spacial score (nSPS) is 17.4. The van der Waals surface area contributed by atoms with Crippen LogP contribution in [-0.2, 0) is 10.0 Å². The van der Waals surface area contributed by atoms with E-state index >= 15 is 0 Å². The Kier molecular flexibility index (Phi) is 3.98. The van der Waals surface area contributed by atoms with Crippen molar-refractivity contribution in [1.29, 1.82) is 0 Å². The van der Waals surface area contributed by atoms with E-state index in [4.69, 9.17) is 5.73 Å². The molecule has 0 radical (unpaired) electrons. The van der Waals surface area contributed by atoms with Gasteiger partial charge in [-0.3, -0.25) is 14.4 Å². The van der Waals surface area contributed by atoms with Gasteiger partial charge in [0.1, 0.15) is 5.82 Å². The number of nitro groups is 1. The minimum absolute atomic E-state index is 0.0983. The monoisotopic (exact) mass is 351 g/mol. The molecule has 1 atom stereocenters. The summed E-state index contributed by atoms with van der Waals surface area (Å²) in [5, 5.41) is 10.7. The summed E-state index contributed by atoms with van der Waals surface area (Å²) in [6.45, 7) is 0.108. The standard InChI is InChI=1S/C15H14FN3O4S/c16-10-1-6-13-14(17)7-8-18(15(13)9-10)24(22,23)12-4-2-11(3-5-12)19(20)21/h1-6,9,14H,7-8,17H2/t14-/m1/s1. The molecule has 2 N–H and O–H groups in total. The third-order valence-electron chi connectivity index (χ3n) is 3.94. The van der Waals surface area contributed by atoms with Gasteiger partial charge in [-0.1, -0.05) is 6.07 Å². The fourth-order valence-electron chi connectivity index (χ4n) is 2.70. The molecule has 0 aromatic heterocycles. The van der Waals surface area contributed by atoms with Gasteiger partial charge in [0.05, 0.1) is 15.5 Å². The van der Waals surface area contributed by atoms with Crippen LogP contribution < -0.4 is 10.0 Å². The van der Waals surface area contributed by atoms with Crippen molar-refractivity contribution in [3.05, 3.63) is 64.0 Å². The van der Waals surface area contributed by atoms with Gasteiger partial charge in [-0.2, -0.15) is 0 Å². The van der Waals surface area contributed by atoms with E-state index in [1.807, 2.05) is 0 Å². The van der Waals surface area contributed by atoms with Crippen LogP contribution in [0.1, 0.15) is 18.0 Å². The van der Waals surface area contributed by atoms with Crippen molar-refractivity contribution in [3.8, 4) is 0 Å². The Hall–Kier alpha value is -2.52. The molecule has 0 amide bonds. The molecule has 126 valence electrons. The molecule has 0 spiro atoms. The quantitative estimate of drug-likeness (QED) is 0.675. The lowest BCUT2D eigenvalue weighted by atomic mass is 9.99. The number of hydrogen-bond donors (Lipinski definition) is 1. The van der Waals surface area contributed by atoms with E-state index < -0.39 is 20.8 Å². The molecule has 2 aromatic carbocycles. The van der Waals surface area contributed by atoms with Gasteiger partial charge in [0, 0.05) is 24.7 Å². The highest BCUT2D eigenvalue weighted by atomic mass is 32.2. The van der Waals surface area contributed by atoms with Crippen molar-refractivity contribution in [2.24, 2.45) is 5.73 Å². The second-order valence-corrected chi connectivity index (χ2v) is 7.29. The number of nitrogens with two attached hydrogens (primary N) is 1. The summed E-state index contributed by atoms with van der Waals surface area (Å²) in [4.78, 5) is 9.98. The maximum atomic E-state index is 13.6. The topological polar surface area (TPSA) is 107 Å². The molecule has 1 heterocycles. The average molecular weight is 351 g/mol. The van der Waals surface area contributed by atoms with E-state index in [2.05, 4.69) is 0 Å². The first-order chi connectivity index (χ1) is 11.3. The number of halogens is 1. The third kappa shape index (κ3) is 2.72. The highest BCUT2D eigenvalue weighted by molar-refractivity contribution is 7.92. The predicted octanol–water partition coefficient (Wildman–Crippen LogP) is 2.33. The minimum atomic E-state index is -3.97. The number of sulfonamides is 1. The fraction of sp³-hybridized carbons (Fsp3) is 0.200. The Bertz CT molecular complexity index is 899. The predicted molar refractivity (Wildman–Crippen MR) is 85.6 cm³/mol. The van der Waals surface area contributed by atoms with Crippen LogP contribution in [0.3, 0.4) is 0 Å². The molecular weight excluding hydrogens is 337 g/mol. The number of rotatable bonds is 3. The van der Waals surface area contributed by atoms with Crippen LogP contribution in [-0.4, -0.2) is 19.9 Å². The molecule has 3 rings (SSSR count). The van der Waals surface area contributed by atoms with E-state index in [1.54, 1.807) is 0 Å². The van der Waals surface area contributed by atoms with Crippen LogP contribution in [0.2, 0.25) is 0 Å². The SMILES string of the molecule is N[C@@H]1CCN(S(=O)(=O)c2ccc([N+](=O)[O-])cc2)c2cc(F)ccc21. The summed E-state index contributed by atoms with van der Waals surface area (Å²) in [5.41, 5.74) is 6.52. The van der Waals surface area contributed by atoms with Gasteiger partial charge in [0.15, 0.2) is 0 Å². The Labute approximate surface area is 137 Å². The first kappa shape index (κ1) is 16.3. The smallest absolute Gasteiger partial charge is 0.269 e. The molecule has 0 saturated carbocycles. The van der Waals surface area contributed by atoms with Crippen molar-refractivity contribution in [2.45, 2.75) is 17.4 Å². The van der Waals surface area contributed by atoms with E-state index in [0.717, 1.165) is 22.5 Å². The lowest BCUT2D eigenvalue weighted by Crippen LogP contribution is -2.38. The third-order valence-corrected chi connectivity index (χ3v) is 5.77. The summed E-state index contributed by atoms with van der Waals surface area (Å²) < 4.78 is 40.4. The number of benzene rings is 2. The second-order valence-electron chi connectivity index (χ2n) is 5.43. The Morgan fingerprint density at radius 3 is 2.50 bits per heavy atom. The summed E-state index contributed by atoms with van der Waals surface area (Å²) in [5.74, 6) is -0.563. The number of nitrogens with zero attached hydrogens (tertiary/aromatic N) is 2. The second kappa shape index (κ2) is 5.84. The number of non-ortho nitro benzene ring substituents is 1. The molecule has 1 aliphatic rings. The number of anilines is 1. The van der Waals surface area contributed by atoms with Gasteiger partial charge in [0.25, 0.3) is 15.7 Å². The molecule has 0 aliphatic carbocycles. The molecule has 0 saturated heterocycles. The zero-order valence-electron chi connectivity index (χ0n) is 12.4. The van der Waals surface area contributed by atoms with E-state index in [0.29, 0.717) is 12.0 Å². The molecule has 7 nitrogen and oxygen atoms in total. The lowest BCUT2D eigenvalue weighted by Gasteiger charge is -2.33. The van der Waals surface area contributed by atoms with E-state index in [1.165, 1.54) is 24.3 Å². The van der Waals surface area contributed by atoms with Crippen molar-refractivity contribution in [3.63, 3.8) is 0 Å². The summed E-state index contributed by atoms with van der Waals surface area (Å²) >= 11 is 0. The molecule has 9 heteroatoms. The zero-order chi connectivity index (χ0) is 17.5. The summed E-state index contributed by atoms with van der Waals surface area (Å²) in [6, 6.07) is 8.06. The average Bonchev–Trinajstić information content (AvgIpc) is 2.54. The lowest BCUT2D eigenvalue weighted by molar-refractivity contribution is -0.384. The first-order valence-electron chi connectivity index (χ1n) is 7.13. The number of fused-ring (bicyclic) bond motifs is 1. The van der Waals surface area contributed by atoms with Crippen molar-refractivity contribution >= 4 is 21.4 Å². The first-order valence-corrected chi connectivity index (χ1v) is 8.57. The fourth-order valence-corrected chi connectivity index (χ4v) is 4.19. The van der Waals surface area contributed by atoms with E-state index in [-0.39, 0.29) is 28.9 Å². The number of nitro benzene ring substituents is 1. The molecular formula is C15H14FN3O4S. The number of hydrogen-bond acceptors (Lipinski definition) is 5. The van der Waals surface area contributed by atoms with E-state index in [9.17, 15) is 22.9 Å². The van der Waals surface area contributed by atoms with Crippen LogP contribution in [0.4, 0.5) is 15.8 Å².